The number of halogens is 1. The number of nitrogens with zero attached hydrogens (tertiary/aromatic N) is 2. The Morgan fingerprint density at radius 2 is 2.89 bits per heavy atom. The Labute approximate surface area is 66.4 Å². The number of hydrogen-bond donors (Lipinski definition) is 0. The summed E-state index contributed by atoms with van der Waals surface area (Å²) < 4.78 is 35.6. The third-order valence-electron chi connectivity index (χ3n) is 0.953. The van der Waals surface area contributed by atoms with Crippen LogP contribution in [-0.2, 0) is 6.50 Å². The maximum Gasteiger partial charge on any atom is 0.297 e. The van der Waals surface area contributed by atoms with E-state index in [1.807, 2.05) is 0 Å². The van der Waals surface area contributed by atoms with E-state index in [9.17, 15) is 0 Å². The molecule has 0 unspecified atom stereocenters. The van der Waals surface area contributed by atoms with Crippen LogP contribution in [0.15, 0.2) is 10.8 Å². The third kappa shape index (κ3) is 0.738. The van der Waals surface area contributed by atoms with E-state index in [0.29, 0.717) is 4.60 Å². The molecule has 1 aromatic rings. The number of hydrogen-bond acceptors (Lipinski definition) is 2. The van der Waals surface area contributed by atoms with Gasteiger partial charge >= 0.3 is 0 Å². The van der Waals surface area contributed by atoms with Crippen molar-refractivity contribution in [2.45, 2.75) is 6.50 Å². The molecule has 1 aliphatic rings. The van der Waals surface area contributed by atoms with Gasteiger partial charge in [-0.3, -0.25) is 4.57 Å². The molecule has 48 valence electrons. The van der Waals surface area contributed by atoms with Gasteiger partial charge in [-0.05, 0) is 15.9 Å². The van der Waals surface area contributed by atoms with Crippen LogP contribution in [0.1, 0.15) is 5.48 Å². The second-order valence-corrected chi connectivity index (χ2v) is 2.34. The van der Waals surface area contributed by atoms with Crippen LogP contribution >= 0.6 is 15.9 Å². The predicted octanol–water partition coefficient (Wildman–Crippen LogP) is 1.04. The summed E-state index contributed by atoms with van der Waals surface area (Å²) in [6, 6.07) is -0.0538. The van der Waals surface area contributed by atoms with Crippen LogP contribution in [0, 0.1) is 0 Å². The first-order chi connectivity index (χ1) is 5.84. The molecule has 0 spiro atoms. The minimum Gasteiger partial charge on any atom is -0.463 e. The van der Waals surface area contributed by atoms with Crippen LogP contribution < -0.4 is 4.74 Å². The van der Waals surface area contributed by atoms with Gasteiger partial charge < -0.3 is 4.74 Å². The second-order valence-electron chi connectivity index (χ2n) is 1.53. The van der Waals surface area contributed by atoms with Crippen LogP contribution in [0.25, 0.3) is 0 Å². The van der Waals surface area contributed by atoms with E-state index in [2.05, 4.69) is 20.9 Å². The molecule has 2 rings (SSSR count). The van der Waals surface area contributed by atoms with Crippen molar-refractivity contribution in [2.75, 3.05) is 6.56 Å². The molecule has 0 saturated carbocycles. The van der Waals surface area contributed by atoms with Crippen LogP contribution in [0.3, 0.4) is 0 Å². The SMILES string of the molecule is [2H]C1([2H])Oc2nc(Br)cn2C1([2H])[2H]. The Kier molecular flexibility index (Phi) is 0.504. The summed E-state index contributed by atoms with van der Waals surface area (Å²) in [6.07, 6.45) is 1.35. The topological polar surface area (TPSA) is 27.1 Å². The molecule has 0 amide bonds. The van der Waals surface area contributed by atoms with Gasteiger partial charge in [0.15, 0.2) is 0 Å². The molecule has 0 N–H and O–H groups in total. The van der Waals surface area contributed by atoms with Crippen LogP contribution in [0.4, 0.5) is 0 Å². The molecule has 9 heavy (non-hydrogen) atoms. The average Bonchev–Trinajstić information content (AvgIpc) is 2.35. The molecular formula is C5H5BrN2O. The fourth-order valence-corrected chi connectivity index (χ4v) is 0.962. The maximum atomic E-state index is 7.45. The zero-order chi connectivity index (χ0) is 9.85. The van der Waals surface area contributed by atoms with Gasteiger partial charge in [-0.15, -0.1) is 0 Å². The van der Waals surface area contributed by atoms with E-state index in [0.717, 1.165) is 4.57 Å². The molecular weight excluding hydrogens is 184 g/mol. The summed E-state index contributed by atoms with van der Waals surface area (Å²) in [4.78, 5) is 3.76. The van der Waals surface area contributed by atoms with Crippen molar-refractivity contribution in [3.05, 3.63) is 10.8 Å². The van der Waals surface area contributed by atoms with Gasteiger partial charge in [0.1, 0.15) is 11.2 Å². The molecule has 2 heterocycles. The fourth-order valence-electron chi connectivity index (χ4n) is 0.606. The Balaban J connectivity index is 2.57. The van der Waals surface area contributed by atoms with Crippen molar-refractivity contribution < 1.29 is 10.2 Å². The number of fused-ring (bicyclic) bond motifs is 1. The van der Waals surface area contributed by atoms with E-state index in [1.165, 1.54) is 6.20 Å². The molecule has 4 heteroatoms. The lowest BCUT2D eigenvalue weighted by Gasteiger charge is -1.85. The summed E-state index contributed by atoms with van der Waals surface area (Å²) >= 11 is 3.05. The largest absolute Gasteiger partial charge is 0.463 e. The van der Waals surface area contributed by atoms with Gasteiger partial charge in [-0.2, -0.15) is 4.98 Å². The summed E-state index contributed by atoms with van der Waals surface area (Å²) in [5.41, 5.74) is 0. The highest BCUT2D eigenvalue weighted by molar-refractivity contribution is 9.10. The summed E-state index contributed by atoms with van der Waals surface area (Å²) in [7, 11) is 0. The number of rotatable bonds is 0. The monoisotopic (exact) mass is 192 g/mol. The highest BCUT2D eigenvalue weighted by atomic mass is 79.9. The molecule has 0 aromatic carbocycles. The van der Waals surface area contributed by atoms with Gasteiger partial charge in [0.25, 0.3) is 6.01 Å². The van der Waals surface area contributed by atoms with Crippen LogP contribution in [0.2, 0.25) is 0 Å². The highest BCUT2D eigenvalue weighted by Gasteiger charge is 2.12. The lowest BCUT2D eigenvalue weighted by Crippen LogP contribution is -1.90. The Bertz CT molecular complexity index is 363. The van der Waals surface area contributed by atoms with Gasteiger partial charge in [0.05, 0.1) is 12.0 Å². The molecule has 1 aliphatic heterocycles. The van der Waals surface area contributed by atoms with E-state index in [4.69, 9.17) is 10.2 Å². The van der Waals surface area contributed by atoms with Gasteiger partial charge in [0.2, 0.25) is 0 Å². The molecule has 0 fully saturated rings. The van der Waals surface area contributed by atoms with Crippen molar-refractivity contribution in [1.82, 2.24) is 9.55 Å². The molecule has 0 radical (unpaired) electrons. The summed E-state index contributed by atoms with van der Waals surface area (Å²) in [5.74, 6) is 0. The quantitative estimate of drug-likeness (QED) is 0.615. The van der Waals surface area contributed by atoms with E-state index in [-0.39, 0.29) is 6.01 Å². The van der Waals surface area contributed by atoms with Crippen molar-refractivity contribution in [1.29, 1.82) is 0 Å². The number of imidazole rings is 1. The van der Waals surface area contributed by atoms with Crippen LogP contribution in [-0.4, -0.2) is 16.1 Å². The highest BCUT2D eigenvalue weighted by Crippen LogP contribution is 2.19. The number of aromatic nitrogens is 2. The molecule has 0 bridgehead atoms. The molecule has 0 saturated heterocycles. The zero-order valence-corrected chi connectivity index (χ0v) is 5.84. The minimum absolute atomic E-state index is 0.0538. The normalized spacial score (nSPS) is 33.0. The van der Waals surface area contributed by atoms with E-state index < -0.39 is 13.1 Å². The smallest absolute Gasteiger partial charge is 0.297 e. The van der Waals surface area contributed by atoms with Crippen molar-refractivity contribution in [3.8, 4) is 6.01 Å². The maximum absolute atomic E-state index is 7.45. The Morgan fingerprint density at radius 1 is 2.00 bits per heavy atom. The van der Waals surface area contributed by atoms with Crippen molar-refractivity contribution >= 4 is 15.9 Å². The van der Waals surface area contributed by atoms with Gasteiger partial charge in [-0.25, -0.2) is 0 Å². The average molecular weight is 193 g/mol. The minimum atomic E-state index is -2.37. The fraction of sp³-hybridized carbons (Fsp3) is 0.400. The lowest BCUT2D eigenvalue weighted by atomic mass is 10.7. The molecule has 1 aromatic heterocycles. The van der Waals surface area contributed by atoms with Crippen molar-refractivity contribution in [3.63, 3.8) is 0 Å². The van der Waals surface area contributed by atoms with Gasteiger partial charge in [-0.1, -0.05) is 0 Å². The standard InChI is InChI=1S/C5H5BrN2O/c6-4-3-8-1-2-9-5(8)7-4/h3H,1-2H2/i1D2,2D2. The first-order valence-corrected chi connectivity index (χ1v) is 3.08. The Hall–Kier alpha value is -0.510. The molecule has 0 atom stereocenters. The molecule has 3 nitrogen and oxygen atoms in total. The predicted molar refractivity (Wildman–Crippen MR) is 35.4 cm³/mol. The zero-order valence-electron chi connectivity index (χ0n) is 8.26. The summed E-state index contributed by atoms with van der Waals surface area (Å²) in [5, 5.41) is 0. The number of aryl methyl sites for hydroxylation is 1. The van der Waals surface area contributed by atoms with Gasteiger partial charge in [0, 0.05) is 6.20 Å². The Morgan fingerprint density at radius 3 is 3.67 bits per heavy atom. The summed E-state index contributed by atoms with van der Waals surface area (Å²) in [6.45, 7) is -4.59. The second kappa shape index (κ2) is 1.73. The van der Waals surface area contributed by atoms with Crippen molar-refractivity contribution in [2.24, 2.45) is 0 Å². The van der Waals surface area contributed by atoms with E-state index in [1.54, 1.807) is 0 Å². The van der Waals surface area contributed by atoms with E-state index >= 15 is 0 Å². The van der Waals surface area contributed by atoms with Crippen LogP contribution in [0.5, 0.6) is 6.01 Å². The number of ether oxygens (including phenoxy) is 1. The third-order valence-corrected chi connectivity index (χ3v) is 1.33. The lowest BCUT2D eigenvalue weighted by molar-refractivity contribution is 0.344. The first kappa shape index (κ1) is 2.62. The first-order valence-electron chi connectivity index (χ1n) is 4.29. The molecule has 0 aliphatic carbocycles.